The Morgan fingerprint density at radius 2 is 1.85 bits per heavy atom. The minimum absolute atomic E-state index is 0.185. The van der Waals surface area contributed by atoms with Gasteiger partial charge in [-0.25, -0.2) is 13.1 Å². The van der Waals surface area contributed by atoms with Crippen LogP contribution in [0.3, 0.4) is 0 Å². The number of ether oxygens (including phenoxy) is 1. The maximum Gasteiger partial charge on any atom is 0.240 e. The molecule has 0 fully saturated rings. The van der Waals surface area contributed by atoms with Crippen molar-refractivity contribution in [3.8, 4) is 5.75 Å². The Morgan fingerprint density at radius 3 is 2.50 bits per heavy atom. The highest BCUT2D eigenvalue weighted by molar-refractivity contribution is 7.89. The lowest BCUT2D eigenvalue weighted by Crippen LogP contribution is -2.23. The van der Waals surface area contributed by atoms with Crippen LogP contribution in [-0.4, -0.2) is 15.5 Å². The van der Waals surface area contributed by atoms with Gasteiger partial charge in [-0.1, -0.05) is 23.7 Å². The first-order valence-electron chi connectivity index (χ1n) is 5.89. The molecule has 0 saturated carbocycles. The van der Waals surface area contributed by atoms with E-state index in [2.05, 4.69) is 4.72 Å². The zero-order chi connectivity index (χ0) is 14.6. The third-order valence-corrected chi connectivity index (χ3v) is 4.39. The Bertz CT molecular complexity index is 684. The van der Waals surface area contributed by atoms with Gasteiger partial charge in [0.1, 0.15) is 5.75 Å². The topological polar surface area (TPSA) is 55.4 Å². The molecular weight excluding hydrogens is 298 g/mol. The zero-order valence-corrected chi connectivity index (χ0v) is 12.4. The maximum atomic E-state index is 12.1. The number of sulfonamides is 1. The predicted molar refractivity (Wildman–Crippen MR) is 78.5 cm³/mol. The smallest absolute Gasteiger partial charge is 0.240 e. The predicted octanol–water partition coefficient (Wildman–Crippen LogP) is 2.83. The van der Waals surface area contributed by atoms with Crippen molar-refractivity contribution in [1.29, 1.82) is 0 Å². The molecule has 2 aromatic rings. The monoisotopic (exact) mass is 311 g/mol. The summed E-state index contributed by atoms with van der Waals surface area (Å²) >= 11 is 5.74. The van der Waals surface area contributed by atoms with Crippen molar-refractivity contribution in [2.75, 3.05) is 7.11 Å². The molecule has 0 unspecified atom stereocenters. The molecule has 20 heavy (non-hydrogen) atoms. The minimum atomic E-state index is -3.54. The van der Waals surface area contributed by atoms with Gasteiger partial charge in [0.15, 0.2) is 0 Å². The molecule has 0 aliphatic carbocycles. The van der Waals surface area contributed by atoms with E-state index >= 15 is 0 Å². The van der Waals surface area contributed by atoms with Crippen LogP contribution in [0.15, 0.2) is 53.4 Å². The number of nitrogens with one attached hydrogen (secondary N) is 1. The van der Waals surface area contributed by atoms with Crippen molar-refractivity contribution >= 4 is 21.6 Å². The summed E-state index contributed by atoms with van der Waals surface area (Å²) in [4.78, 5) is 0.185. The lowest BCUT2D eigenvalue weighted by molar-refractivity contribution is 0.414. The summed E-state index contributed by atoms with van der Waals surface area (Å²) in [5, 5.41) is 0.497. The van der Waals surface area contributed by atoms with Crippen LogP contribution in [0.25, 0.3) is 0 Å². The Labute approximate surface area is 123 Å². The quantitative estimate of drug-likeness (QED) is 0.924. The fourth-order valence-corrected chi connectivity index (χ4v) is 2.80. The molecule has 4 nitrogen and oxygen atoms in total. The highest BCUT2D eigenvalue weighted by Crippen LogP contribution is 2.16. The maximum absolute atomic E-state index is 12.1. The molecule has 0 heterocycles. The normalized spacial score (nSPS) is 11.3. The van der Waals surface area contributed by atoms with E-state index in [-0.39, 0.29) is 11.4 Å². The van der Waals surface area contributed by atoms with Crippen LogP contribution in [0.1, 0.15) is 5.56 Å². The van der Waals surface area contributed by atoms with Gasteiger partial charge in [-0.15, -0.1) is 0 Å². The van der Waals surface area contributed by atoms with Gasteiger partial charge in [0, 0.05) is 11.6 Å². The van der Waals surface area contributed by atoms with Crippen LogP contribution in [0.5, 0.6) is 5.75 Å². The molecule has 0 aliphatic heterocycles. The van der Waals surface area contributed by atoms with Crippen LogP contribution in [-0.2, 0) is 16.6 Å². The van der Waals surface area contributed by atoms with E-state index in [9.17, 15) is 8.42 Å². The molecule has 0 radical (unpaired) electrons. The standard InChI is InChI=1S/C14H14ClNO3S/c1-19-13-4-2-3-11(9-13)10-16-20(17,18)14-7-5-12(15)6-8-14/h2-9,16H,10H2,1H3. The molecule has 2 rings (SSSR count). The molecule has 1 N–H and O–H groups in total. The van der Waals surface area contributed by atoms with Crippen molar-refractivity contribution in [2.45, 2.75) is 11.4 Å². The first-order chi connectivity index (χ1) is 9.51. The number of methoxy groups -OCH3 is 1. The molecule has 2 aromatic carbocycles. The Balaban J connectivity index is 2.10. The lowest BCUT2D eigenvalue weighted by atomic mass is 10.2. The largest absolute Gasteiger partial charge is 0.497 e. The molecular formula is C14H14ClNO3S. The summed E-state index contributed by atoms with van der Waals surface area (Å²) in [6, 6.07) is 13.2. The second kappa shape index (κ2) is 6.26. The van der Waals surface area contributed by atoms with Crippen LogP contribution in [0.2, 0.25) is 5.02 Å². The molecule has 106 valence electrons. The average molecular weight is 312 g/mol. The molecule has 0 saturated heterocycles. The summed E-state index contributed by atoms with van der Waals surface area (Å²) in [5.74, 6) is 0.688. The molecule has 0 spiro atoms. The minimum Gasteiger partial charge on any atom is -0.497 e. The first-order valence-corrected chi connectivity index (χ1v) is 7.75. The van der Waals surface area contributed by atoms with Crippen molar-refractivity contribution in [3.63, 3.8) is 0 Å². The van der Waals surface area contributed by atoms with Gasteiger partial charge in [-0.2, -0.15) is 0 Å². The van der Waals surface area contributed by atoms with E-state index in [1.807, 2.05) is 12.1 Å². The van der Waals surface area contributed by atoms with Gasteiger partial charge in [0.05, 0.1) is 12.0 Å². The van der Waals surface area contributed by atoms with E-state index in [0.29, 0.717) is 10.8 Å². The number of benzene rings is 2. The third-order valence-electron chi connectivity index (χ3n) is 2.72. The molecule has 0 aliphatic rings. The fraction of sp³-hybridized carbons (Fsp3) is 0.143. The van der Waals surface area contributed by atoms with Crippen molar-refractivity contribution in [3.05, 3.63) is 59.1 Å². The van der Waals surface area contributed by atoms with E-state index in [0.717, 1.165) is 5.56 Å². The van der Waals surface area contributed by atoms with Crippen LogP contribution in [0.4, 0.5) is 0 Å². The molecule has 0 bridgehead atoms. The van der Waals surface area contributed by atoms with Gasteiger partial charge < -0.3 is 4.74 Å². The van der Waals surface area contributed by atoms with E-state index in [4.69, 9.17) is 16.3 Å². The highest BCUT2D eigenvalue weighted by atomic mass is 35.5. The van der Waals surface area contributed by atoms with Gasteiger partial charge in [0.2, 0.25) is 10.0 Å². The van der Waals surface area contributed by atoms with Gasteiger partial charge in [-0.3, -0.25) is 0 Å². The van der Waals surface area contributed by atoms with E-state index in [1.165, 1.54) is 12.1 Å². The number of hydrogen-bond donors (Lipinski definition) is 1. The van der Waals surface area contributed by atoms with Gasteiger partial charge in [0.25, 0.3) is 0 Å². The van der Waals surface area contributed by atoms with Crippen molar-refractivity contribution < 1.29 is 13.2 Å². The SMILES string of the molecule is COc1cccc(CNS(=O)(=O)c2ccc(Cl)cc2)c1. The first kappa shape index (κ1) is 14.8. The van der Waals surface area contributed by atoms with Gasteiger partial charge in [-0.05, 0) is 42.0 Å². The Hall–Kier alpha value is -1.56. The molecule has 6 heteroatoms. The summed E-state index contributed by atoms with van der Waals surface area (Å²) in [7, 11) is -1.98. The summed E-state index contributed by atoms with van der Waals surface area (Å²) in [5.41, 5.74) is 0.821. The number of halogens is 1. The van der Waals surface area contributed by atoms with Crippen LogP contribution in [0, 0.1) is 0 Å². The Morgan fingerprint density at radius 1 is 1.15 bits per heavy atom. The van der Waals surface area contributed by atoms with Gasteiger partial charge >= 0.3 is 0 Å². The summed E-state index contributed by atoms with van der Waals surface area (Å²) in [6.07, 6.45) is 0. The third kappa shape index (κ3) is 3.72. The van der Waals surface area contributed by atoms with Crippen molar-refractivity contribution in [1.82, 2.24) is 4.72 Å². The number of rotatable bonds is 5. The molecule has 0 amide bonds. The lowest BCUT2D eigenvalue weighted by Gasteiger charge is -2.08. The second-order valence-corrected chi connectivity index (χ2v) is 6.33. The Kier molecular flexibility index (Phi) is 4.65. The zero-order valence-electron chi connectivity index (χ0n) is 10.8. The highest BCUT2D eigenvalue weighted by Gasteiger charge is 2.13. The van der Waals surface area contributed by atoms with Crippen molar-refractivity contribution in [2.24, 2.45) is 0 Å². The van der Waals surface area contributed by atoms with Crippen LogP contribution >= 0.6 is 11.6 Å². The summed E-state index contributed by atoms with van der Waals surface area (Å²) < 4.78 is 31.8. The molecule has 0 atom stereocenters. The van der Waals surface area contributed by atoms with E-state index in [1.54, 1.807) is 31.4 Å². The average Bonchev–Trinajstić information content (AvgIpc) is 2.46. The molecule has 0 aromatic heterocycles. The number of hydrogen-bond acceptors (Lipinski definition) is 3. The second-order valence-electron chi connectivity index (χ2n) is 4.13. The van der Waals surface area contributed by atoms with E-state index < -0.39 is 10.0 Å². The summed E-state index contributed by atoms with van der Waals surface area (Å²) in [6.45, 7) is 0.197. The van der Waals surface area contributed by atoms with Crippen LogP contribution < -0.4 is 9.46 Å². The fourth-order valence-electron chi connectivity index (χ4n) is 1.66.